The van der Waals surface area contributed by atoms with Gasteiger partial charge in [-0.15, -0.1) is 0 Å². The van der Waals surface area contributed by atoms with Crippen LogP contribution in [0.2, 0.25) is 0 Å². The number of rotatable bonds is 4. The molecule has 202 valence electrons. The summed E-state index contributed by atoms with van der Waals surface area (Å²) in [5, 5.41) is 11.6. The van der Waals surface area contributed by atoms with E-state index < -0.39 is 6.10 Å². The van der Waals surface area contributed by atoms with Gasteiger partial charge in [0, 0.05) is 24.4 Å². The Bertz CT molecular complexity index is 965. The summed E-state index contributed by atoms with van der Waals surface area (Å²) in [6, 6.07) is 0. The zero-order chi connectivity index (χ0) is 25.9. The standard InChI is InChI=1S/C32H50O4/c1-8-35-27-25(26(34)21(36-27)17-19(2)3)20-11-13-30(7)23-10-9-22-28(4,5)24(33)12-14-31(22)18-32(23,31)16-15-29(20,30)6/h17,20-23,25-27,34H,8-16,18H2,1-7H3/t20-,21+,22+,23+,25+,26-,27+,29-,30+,31-,32+/m1/s1. The van der Waals surface area contributed by atoms with Gasteiger partial charge in [0.15, 0.2) is 6.29 Å². The van der Waals surface area contributed by atoms with Crippen molar-refractivity contribution >= 4 is 5.78 Å². The van der Waals surface area contributed by atoms with Gasteiger partial charge >= 0.3 is 0 Å². The van der Waals surface area contributed by atoms with E-state index in [2.05, 4.69) is 47.6 Å². The number of ether oxygens (including phenoxy) is 2. The molecule has 0 aromatic carbocycles. The van der Waals surface area contributed by atoms with Crippen LogP contribution in [-0.2, 0) is 14.3 Å². The maximum absolute atomic E-state index is 12.9. The molecule has 4 nitrogen and oxygen atoms in total. The number of Topliss-reactive ketones (excluding diaryl/α,β-unsaturated/α-hetero) is 1. The van der Waals surface area contributed by atoms with Crippen LogP contribution >= 0.6 is 0 Å². The zero-order valence-corrected chi connectivity index (χ0v) is 23.9. The average molecular weight is 499 g/mol. The van der Waals surface area contributed by atoms with Gasteiger partial charge in [-0.05, 0) is 112 Å². The number of carbonyl (C=O) groups is 1. The number of aliphatic hydroxyl groups is 1. The SMILES string of the molecule is CCO[C@H]1O[C@@H](C=C(C)C)[C@@H](O)[C@@H]1[C@H]1CC[C@@]2(C)[C@@H]3CC[C@H]4C(C)(C)C(=O)CC[C@@]45C[C@@]35CC[C@]12C. The van der Waals surface area contributed by atoms with Crippen molar-refractivity contribution in [1.29, 1.82) is 0 Å². The second-order valence-corrected chi connectivity index (χ2v) is 15.0. The van der Waals surface area contributed by atoms with Gasteiger partial charge in [-0.3, -0.25) is 4.79 Å². The summed E-state index contributed by atoms with van der Waals surface area (Å²) in [6.45, 7) is 16.5. The minimum absolute atomic E-state index is 0.0298. The summed E-state index contributed by atoms with van der Waals surface area (Å²) in [5.41, 5.74) is 2.36. The van der Waals surface area contributed by atoms with E-state index in [1.165, 1.54) is 44.1 Å². The first kappa shape index (κ1) is 25.6. The summed E-state index contributed by atoms with van der Waals surface area (Å²) in [4.78, 5) is 12.9. The number of fused-ring (bicyclic) bond motifs is 2. The van der Waals surface area contributed by atoms with E-state index >= 15 is 0 Å². The Morgan fingerprint density at radius 2 is 1.69 bits per heavy atom. The van der Waals surface area contributed by atoms with Gasteiger partial charge in [-0.2, -0.15) is 0 Å². The topological polar surface area (TPSA) is 55.8 Å². The number of allylic oxidation sites excluding steroid dienone is 1. The molecule has 4 heteroatoms. The molecule has 0 radical (unpaired) electrons. The Morgan fingerprint density at radius 3 is 2.39 bits per heavy atom. The maximum Gasteiger partial charge on any atom is 0.164 e. The highest BCUT2D eigenvalue weighted by atomic mass is 16.7. The van der Waals surface area contributed by atoms with Crippen LogP contribution < -0.4 is 0 Å². The molecule has 1 saturated heterocycles. The van der Waals surface area contributed by atoms with Crippen molar-refractivity contribution in [2.75, 3.05) is 6.61 Å². The van der Waals surface area contributed by atoms with Crippen molar-refractivity contribution in [3.63, 3.8) is 0 Å². The smallest absolute Gasteiger partial charge is 0.164 e. The fourth-order valence-electron chi connectivity index (χ4n) is 11.7. The van der Waals surface area contributed by atoms with Crippen molar-refractivity contribution in [2.45, 2.75) is 125 Å². The lowest BCUT2D eigenvalue weighted by Gasteiger charge is -2.62. The molecule has 11 atom stereocenters. The summed E-state index contributed by atoms with van der Waals surface area (Å²) >= 11 is 0. The van der Waals surface area contributed by atoms with E-state index in [9.17, 15) is 9.90 Å². The van der Waals surface area contributed by atoms with Crippen molar-refractivity contribution < 1.29 is 19.4 Å². The lowest BCUT2D eigenvalue weighted by molar-refractivity contribution is -0.177. The molecule has 6 aliphatic rings. The monoisotopic (exact) mass is 498 g/mol. The molecule has 1 N–H and O–H groups in total. The second-order valence-electron chi connectivity index (χ2n) is 15.0. The quantitative estimate of drug-likeness (QED) is 0.438. The van der Waals surface area contributed by atoms with Crippen LogP contribution in [0.25, 0.3) is 0 Å². The highest BCUT2D eigenvalue weighted by molar-refractivity contribution is 5.86. The number of hydrogen-bond acceptors (Lipinski definition) is 4. The predicted octanol–water partition coefficient (Wildman–Crippen LogP) is 6.70. The molecular formula is C32H50O4. The molecule has 0 unspecified atom stereocenters. The summed E-state index contributed by atoms with van der Waals surface area (Å²) in [6.07, 6.45) is 11.7. The van der Waals surface area contributed by atoms with Crippen LogP contribution in [0.15, 0.2) is 11.6 Å². The first-order chi connectivity index (χ1) is 16.9. The van der Waals surface area contributed by atoms with Crippen LogP contribution in [0.1, 0.15) is 106 Å². The Kier molecular flexibility index (Phi) is 5.62. The van der Waals surface area contributed by atoms with Crippen molar-refractivity contribution in [1.82, 2.24) is 0 Å². The number of aliphatic hydroxyl groups excluding tert-OH is 1. The lowest BCUT2D eigenvalue weighted by atomic mass is 9.42. The maximum atomic E-state index is 12.9. The molecule has 0 bridgehead atoms. The Hall–Kier alpha value is -0.710. The van der Waals surface area contributed by atoms with Crippen molar-refractivity contribution in [3.8, 4) is 0 Å². The van der Waals surface area contributed by atoms with Crippen LogP contribution in [0, 0.1) is 50.7 Å². The first-order valence-corrected chi connectivity index (χ1v) is 15.0. The Morgan fingerprint density at radius 1 is 1.00 bits per heavy atom. The van der Waals surface area contributed by atoms with Gasteiger partial charge in [0.25, 0.3) is 0 Å². The first-order valence-electron chi connectivity index (χ1n) is 15.0. The summed E-state index contributed by atoms with van der Waals surface area (Å²) < 4.78 is 12.5. The van der Waals surface area contributed by atoms with E-state index in [0.717, 1.165) is 25.2 Å². The normalized spacial score (nSPS) is 54.8. The minimum Gasteiger partial charge on any atom is -0.390 e. The molecule has 6 rings (SSSR count). The average Bonchev–Trinajstić information content (AvgIpc) is 3.29. The zero-order valence-electron chi connectivity index (χ0n) is 23.9. The molecular weight excluding hydrogens is 448 g/mol. The Labute approximate surface area is 219 Å². The van der Waals surface area contributed by atoms with Crippen LogP contribution in [0.5, 0.6) is 0 Å². The molecule has 1 aliphatic heterocycles. The summed E-state index contributed by atoms with van der Waals surface area (Å²) in [7, 11) is 0. The number of hydrogen-bond donors (Lipinski definition) is 1. The van der Waals surface area contributed by atoms with Crippen LogP contribution in [0.3, 0.4) is 0 Å². The number of carbonyl (C=O) groups excluding carboxylic acids is 1. The third kappa shape index (κ3) is 2.96. The van der Waals surface area contributed by atoms with E-state index in [1.54, 1.807) is 0 Å². The van der Waals surface area contributed by atoms with Crippen molar-refractivity contribution in [3.05, 3.63) is 11.6 Å². The van der Waals surface area contributed by atoms with Gasteiger partial charge in [0.05, 0.1) is 6.10 Å². The fourth-order valence-corrected chi connectivity index (χ4v) is 11.7. The van der Waals surface area contributed by atoms with Crippen LogP contribution in [-0.4, -0.2) is 36.0 Å². The lowest BCUT2D eigenvalue weighted by Crippen LogP contribution is -2.57. The molecule has 6 fully saturated rings. The third-order valence-corrected chi connectivity index (χ3v) is 13.6. The molecule has 5 saturated carbocycles. The molecule has 2 spiro atoms. The van der Waals surface area contributed by atoms with Crippen LogP contribution in [0.4, 0.5) is 0 Å². The van der Waals surface area contributed by atoms with E-state index in [4.69, 9.17) is 9.47 Å². The second kappa shape index (κ2) is 7.92. The minimum atomic E-state index is -0.510. The third-order valence-electron chi connectivity index (χ3n) is 13.6. The van der Waals surface area contributed by atoms with E-state index in [0.29, 0.717) is 35.1 Å². The molecule has 1 heterocycles. The molecule has 0 amide bonds. The van der Waals surface area contributed by atoms with Gasteiger partial charge in [0.2, 0.25) is 0 Å². The van der Waals surface area contributed by atoms with E-state index in [1.807, 2.05) is 6.92 Å². The highest BCUT2D eigenvalue weighted by Crippen LogP contribution is 2.89. The van der Waals surface area contributed by atoms with Gasteiger partial charge in [-0.25, -0.2) is 0 Å². The molecule has 5 aliphatic carbocycles. The van der Waals surface area contributed by atoms with E-state index in [-0.39, 0.29) is 34.6 Å². The van der Waals surface area contributed by atoms with Gasteiger partial charge in [0.1, 0.15) is 11.9 Å². The van der Waals surface area contributed by atoms with Gasteiger partial charge < -0.3 is 14.6 Å². The largest absolute Gasteiger partial charge is 0.390 e. The fraction of sp³-hybridized carbons (Fsp3) is 0.906. The molecule has 0 aromatic heterocycles. The van der Waals surface area contributed by atoms with Gasteiger partial charge in [-0.1, -0.05) is 39.3 Å². The Balaban J connectivity index is 1.32. The number of ketones is 1. The van der Waals surface area contributed by atoms with Crippen molar-refractivity contribution in [2.24, 2.45) is 50.7 Å². The predicted molar refractivity (Wildman–Crippen MR) is 141 cm³/mol. The molecule has 0 aromatic rings. The highest BCUT2D eigenvalue weighted by Gasteiger charge is 2.82. The summed E-state index contributed by atoms with van der Waals surface area (Å²) in [5.74, 6) is 2.27. The molecule has 36 heavy (non-hydrogen) atoms.